The molecule has 0 atom stereocenters. The summed E-state index contributed by atoms with van der Waals surface area (Å²) in [6.45, 7) is 0. The largest absolute Gasteiger partial charge is 0.481 e. The summed E-state index contributed by atoms with van der Waals surface area (Å²) in [6, 6.07) is 0. The van der Waals surface area contributed by atoms with Crippen molar-refractivity contribution in [1.29, 1.82) is 0 Å². The Morgan fingerprint density at radius 2 is 2.46 bits per heavy atom. The normalized spacial score (nSPS) is 9.92. The SMILES string of the molecule is Cn1cc([N+](=O)[O-])c(CC(=O)O)n1. The first kappa shape index (κ1) is 9.17. The van der Waals surface area contributed by atoms with Gasteiger partial charge in [-0.05, 0) is 0 Å². The van der Waals surface area contributed by atoms with Crippen LogP contribution in [-0.4, -0.2) is 25.8 Å². The first-order chi connectivity index (χ1) is 6.00. The molecule has 0 amide bonds. The van der Waals surface area contributed by atoms with Crippen molar-refractivity contribution in [3.8, 4) is 0 Å². The zero-order valence-electron chi connectivity index (χ0n) is 6.80. The number of carboxylic acid groups (broad SMARTS) is 1. The van der Waals surface area contributed by atoms with Gasteiger partial charge in [0.05, 0.1) is 11.3 Å². The lowest BCUT2D eigenvalue weighted by Gasteiger charge is -1.89. The highest BCUT2D eigenvalue weighted by Gasteiger charge is 2.20. The van der Waals surface area contributed by atoms with Crippen molar-refractivity contribution in [2.45, 2.75) is 6.42 Å². The highest BCUT2D eigenvalue weighted by molar-refractivity contribution is 5.71. The van der Waals surface area contributed by atoms with Crippen molar-refractivity contribution >= 4 is 11.7 Å². The van der Waals surface area contributed by atoms with Gasteiger partial charge < -0.3 is 5.11 Å². The highest BCUT2D eigenvalue weighted by Crippen LogP contribution is 2.16. The minimum Gasteiger partial charge on any atom is -0.481 e. The van der Waals surface area contributed by atoms with Crippen LogP contribution < -0.4 is 0 Å². The average Bonchev–Trinajstić information content (AvgIpc) is 2.29. The van der Waals surface area contributed by atoms with Crippen LogP contribution in [0.4, 0.5) is 5.69 Å². The summed E-state index contributed by atoms with van der Waals surface area (Å²) in [5.74, 6) is -1.14. The number of rotatable bonds is 3. The van der Waals surface area contributed by atoms with Crippen LogP contribution in [0.5, 0.6) is 0 Å². The van der Waals surface area contributed by atoms with E-state index in [0.717, 1.165) is 0 Å². The number of carbonyl (C=O) groups is 1. The van der Waals surface area contributed by atoms with Crippen molar-refractivity contribution in [2.75, 3.05) is 0 Å². The molecule has 1 N–H and O–H groups in total. The monoisotopic (exact) mass is 185 g/mol. The molecule has 0 aromatic carbocycles. The molecule has 1 rings (SSSR count). The molecular formula is C6H7N3O4. The van der Waals surface area contributed by atoms with Gasteiger partial charge >= 0.3 is 11.7 Å². The van der Waals surface area contributed by atoms with Crippen LogP contribution in [0.3, 0.4) is 0 Å². The maximum absolute atomic E-state index is 10.4. The van der Waals surface area contributed by atoms with Crippen molar-refractivity contribution in [3.63, 3.8) is 0 Å². The van der Waals surface area contributed by atoms with E-state index in [1.54, 1.807) is 0 Å². The molecule has 0 spiro atoms. The standard InChI is InChI=1S/C6H7N3O4/c1-8-3-5(9(12)13)4(7-8)2-6(10)11/h3H,2H2,1H3,(H,10,11). The molecule has 0 radical (unpaired) electrons. The molecule has 0 aliphatic rings. The van der Waals surface area contributed by atoms with E-state index >= 15 is 0 Å². The number of aryl methyl sites for hydroxylation is 1. The molecule has 1 heterocycles. The highest BCUT2D eigenvalue weighted by atomic mass is 16.6. The zero-order chi connectivity index (χ0) is 10.0. The van der Waals surface area contributed by atoms with E-state index in [4.69, 9.17) is 5.11 Å². The Morgan fingerprint density at radius 1 is 1.85 bits per heavy atom. The molecule has 0 saturated carbocycles. The summed E-state index contributed by atoms with van der Waals surface area (Å²) in [7, 11) is 1.50. The number of nitro groups is 1. The third kappa shape index (κ3) is 2.01. The minimum absolute atomic E-state index is 0.0278. The first-order valence-corrected chi connectivity index (χ1v) is 3.39. The Kier molecular flexibility index (Phi) is 2.27. The molecule has 0 unspecified atom stereocenters. The molecule has 70 valence electrons. The van der Waals surface area contributed by atoms with Crippen LogP contribution in [0, 0.1) is 10.1 Å². The predicted octanol–water partition coefficient (Wildman–Crippen LogP) is -0.0446. The maximum Gasteiger partial charge on any atom is 0.310 e. The molecule has 13 heavy (non-hydrogen) atoms. The minimum atomic E-state index is -1.14. The van der Waals surface area contributed by atoms with Gasteiger partial charge in [-0.25, -0.2) is 0 Å². The van der Waals surface area contributed by atoms with E-state index < -0.39 is 17.3 Å². The first-order valence-electron chi connectivity index (χ1n) is 3.39. The summed E-state index contributed by atoms with van der Waals surface area (Å²) in [5, 5.41) is 22.5. The summed E-state index contributed by atoms with van der Waals surface area (Å²) in [6.07, 6.45) is 0.745. The van der Waals surface area contributed by atoms with E-state index in [1.807, 2.05) is 0 Å². The molecule has 0 aliphatic heterocycles. The van der Waals surface area contributed by atoms with Crippen molar-refractivity contribution < 1.29 is 14.8 Å². The van der Waals surface area contributed by atoms with Gasteiger partial charge in [0.2, 0.25) is 0 Å². The van der Waals surface area contributed by atoms with Crippen LogP contribution in [0.25, 0.3) is 0 Å². The van der Waals surface area contributed by atoms with Crippen LogP contribution in [-0.2, 0) is 18.3 Å². The van der Waals surface area contributed by atoms with Crippen molar-refractivity contribution in [3.05, 3.63) is 22.0 Å². The van der Waals surface area contributed by atoms with Gasteiger partial charge in [-0.3, -0.25) is 19.6 Å². The smallest absolute Gasteiger partial charge is 0.310 e. The zero-order valence-corrected chi connectivity index (χ0v) is 6.80. The van der Waals surface area contributed by atoms with E-state index in [2.05, 4.69) is 5.10 Å². The van der Waals surface area contributed by atoms with Gasteiger partial charge in [-0.15, -0.1) is 0 Å². The topological polar surface area (TPSA) is 98.3 Å². The van der Waals surface area contributed by atoms with E-state index in [9.17, 15) is 14.9 Å². The lowest BCUT2D eigenvalue weighted by molar-refractivity contribution is -0.385. The van der Waals surface area contributed by atoms with Gasteiger partial charge in [0.1, 0.15) is 6.20 Å². The average molecular weight is 185 g/mol. The Hall–Kier alpha value is -1.92. The number of carboxylic acids is 1. The van der Waals surface area contributed by atoms with Crippen molar-refractivity contribution in [2.24, 2.45) is 7.05 Å². The number of hydrogen-bond acceptors (Lipinski definition) is 4. The van der Waals surface area contributed by atoms with E-state index in [1.165, 1.54) is 17.9 Å². The summed E-state index contributed by atoms with van der Waals surface area (Å²) < 4.78 is 1.22. The number of nitrogens with zero attached hydrogens (tertiary/aromatic N) is 3. The lowest BCUT2D eigenvalue weighted by Crippen LogP contribution is -2.03. The molecule has 0 fully saturated rings. The van der Waals surface area contributed by atoms with E-state index in [0.29, 0.717) is 0 Å². The van der Waals surface area contributed by atoms with Gasteiger partial charge in [0, 0.05) is 7.05 Å². The van der Waals surface area contributed by atoms with Gasteiger partial charge in [0.25, 0.3) is 0 Å². The third-order valence-corrected chi connectivity index (χ3v) is 1.40. The Labute approximate surface area is 72.7 Å². The van der Waals surface area contributed by atoms with Crippen LogP contribution in [0.15, 0.2) is 6.20 Å². The third-order valence-electron chi connectivity index (χ3n) is 1.40. The summed E-state index contributed by atoms with van der Waals surface area (Å²) in [4.78, 5) is 20.0. The number of aromatic nitrogens is 2. The molecule has 7 nitrogen and oxygen atoms in total. The fourth-order valence-electron chi connectivity index (χ4n) is 0.944. The summed E-state index contributed by atoms with van der Waals surface area (Å²) in [5.41, 5.74) is -0.287. The molecule has 0 aliphatic carbocycles. The molecule has 1 aromatic rings. The molecular weight excluding hydrogens is 178 g/mol. The molecule has 1 aromatic heterocycles. The van der Waals surface area contributed by atoms with E-state index in [-0.39, 0.29) is 11.4 Å². The van der Waals surface area contributed by atoms with Gasteiger partial charge in [-0.1, -0.05) is 0 Å². The Morgan fingerprint density at radius 3 is 2.92 bits per heavy atom. The van der Waals surface area contributed by atoms with Gasteiger partial charge in [-0.2, -0.15) is 5.10 Å². The van der Waals surface area contributed by atoms with Crippen LogP contribution >= 0.6 is 0 Å². The fraction of sp³-hybridized carbons (Fsp3) is 0.333. The summed E-state index contributed by atoms with van der Waals surface area (Å²) >= 11 is 0. The molecule has 7 heteroatoms. The predicted molar refractivity (Wildman–Crippen MR) is 41.2 cm³/mol. The number of hydrogen-bond donors (Lipinski definition) is 1. The maximum atomic E-state index is 10.4. The second-order valence-corrected chi connectivity index (χ2v) is 2.46. The quantitative estimate of drug-likeness (QED) is 0.526. The molecule has 0 bridgehead atoms. The second kappa shape index (κ2) is 3.21. The lowest BCUT2D eigenvalue weighted by atomic mass is 10.3. The molecule has 0 saturated heterocycles. The second-order valence-electron chi connectivity index (χ2n) is 2.46. The Balaban J connectivity index is 3.04. The van der Waals surface area contributed by atoms with Crippen molar-refractivity contribution in [1.82, 2.24) is 9.78 Å². The van der Waals surface area contributed by atoms with Gasteiger partial charge in [0.15, 0.2) is 5.69 Å². The Bertz CT molecular complexity index is 357. The number of aliphatic carboxylic acids is 1. The van der Waals surface area contributed by atoms with Crippen LogP contribution in [0.1, 0.15) is 5.69 Å². The van der Waals surface area contributed by atoms with Crippen LogP contribution in [0.2, 0.25) is 0 Å². The fourth-order valence-corrected chi connectivity index (χ4v) is 0.944.